The first-order valence-electron chi connectivity index (χ1n) is 13.1. The normalized spacial score (nSPS) is 22.2. The molecule has 10 heteroatoms. The van der Waals surface area contributed by atoms with Crippen LogP contribution in [0, 0.1) is 0 Å². The number of carbonyl (C=O) groups excluding carboxylic acids is 1. The van der Waals surface area contributed by atoms with Gasteiger partial charge in [-0.25, -0.2) is 9.78 Å². The highest BCUT2D eigenvalue weighted by molar-refractivity contribution is 5.88. The number of aliphatic hydroxyl groups is 1. The molecule has 1 N–H and O–H groups in total. The number of esters is 1. The quantitative estimate of drug-likeness (QED) is 0.376. The molecule has 1 saturated heterocycles. The summed E-state index contributed by atoms with van der Waals surface area (Å²) in [6.07, 6.45) is 0.114. The maximum Gasteiger partial charge on any atom is 0.343 e. The number of likely N-dealkylation sites (N-methyl/N-ethyl adjacent to an activating group) is 2. The van der Waals surface area contributed by atoms with Crippen LogP contribution in [-0.2, 0) is 28.3 Å². The van der Waals surface area contributed by atoms with E-state index in [0.717, 1.165) is 16.5 Å². The number of benzene rings is 1. The third-order valence-electron chi connectivity index (χ3n) is 7.90. The van der Waals surface area contributed by atoms with Gasteiger partial charge in [-0.3, -0.25) is 4.79 Å². The van der Waals surface area contributed by atoms with Crippen LogP contribution < -0.4 is 15.0 Å². The Bertz CT molecular complexity index is 1480. The summed E-state index contributed by atoms with van der Waals surface area (Å²) in [4.78, 5) is 35.0. The zero-order valence-corrected chi connectivity index (χ0v) is 22.0. The fourth-order valence-electron chi connectivity index (χ4n) is 5.43. The fraction of sp³-hybridized carbons (Fsp3) is 0.464. The average Bonchev–Trinajstić information content (AvgIpc) is 3.28. The Hall–Kier alpha value is -3.47. The van der Waals surface area contributed by atoms with Gasteiger partial charge in [-0.2, -0.15) is 0 Å². The summed E-state index contributed by atoms with van der Waals surface area (Å²) in [6.45, 7) is 7.84. The van der Waals surface area contributed by atoms with E-state index >= 15 is 0 Å². The number of nitrogens with zero attached hydrogens (tertiary/aromatic N) is 4. The Balaban J connectivity index is 0.000000285. The second-order valence-corrected chi connectivity index (χ2v) is 10.4. The Kier molecular flexibility index (Phi) is 6.13. The number of piperazine rings is 1. The number of pyridine rings is 2. The first-order valence-corrected chi connectivity index (χ1v) is 13.1. The number of hydrogen-bond donors (Lipinski definition) is 1. The predicted octanol–water partition coefficient (Wildman–Crippen LogP) is 1.71. The molecule has 0 aliphatic carbocycles. The van der Waals surface area contributed by atoms with Gasteiger partial charge < -0.3 is 33.7 Å². The molecule has 10 nitrogen and oxygen atoms in total. The van der Waals surface area contributed by atoms with Gasteiger partial charge in [0.2, 0.25) is 0 Å². The van der Waals surface area contributed by atoms with Gasteiger partial charge in [-0.15, -0.1) is 0 Å². The molecule has 7 rings (SSSR count). The van der Waals surface area contributed by atoms with Gasteiger partial charge in [-0.1, -0.05) is 6.92 Å². The predicted molar refractivity (Wildman–Crippen MR) is 141 cm³/mol. The van der Waals surface area contributed by atoms with Gasteiger partial charge in [-0.05, 0) is 38.7 Å². The van der Waals surface area contributed by atoms with Crippen LogP contribution in [0.3, 0.4) is 0 Å². The van der Waals surface area contributed by atoms with E-state index < -0.39 is 11.6 Å². The summed E-state index contributed by atoms with van der Waals surface area (Å²) in [5, 5.41) is 11.8. The van der Waals surface area contributed by atoms with Gasteiger partial charge in [0, 0.05) is 48.8 Å². The number of rotatable bonds is 1. The number of hydrogen-bond acceptors (Lipinski definition) is 9. The van der Waals surface area contributed by atoms with Crippen molar-refractivity contribution in [1.29, 1.82) is 0 Å². The van der Waals surface area contributed by atoms with Gasteiger partial charge in [0.25, 0.3) is 5.56 Å². The lowest BCUT2D eigenvalue weighted by atomic mass is 9.86. The minimum absolute atomic E-state index is 0.114. The summed E-state index contributed by atoms with van der Waals surface area (Å²) in [5.74, 6) is 0.600. The van der Waals surface area contributed by atoms with Crippen LogP contribution in [0.25, 0.3) is 22.3 Å². The SMILES string of the molecule is CCC1(O)C(=O)OCc2c1cc1n(c2=O)Cc2cc3cc4c(cc3nc2-1)OCCO4.CN1CCN(C)CC1. The number of carbonyl (C=O) groups is 1. The standard InChI is InChI=1S/C22H18N2O6.C6H14N2/c1-2-22(27)14-7-16-19-12(9-24(16)20(25)13(14)10-30-21(22)26)5-11-6-17-18(8-15(11)23-19)29-4-3-28-17;1-7-3-5-8(2)6-4-7/h5-8,27H,2-4,9-10H2,1H3;3-6H2,1-2H3. The second kappa shape index (κ2) is 9.37. The van der Waals surface area contributed by atoms with Crippen LogP contribution >= 0.6 is 0 Å². The molecule has 0 saturated carbocycles. The molecule has 38 heavy (non-hydrogen) atoms. The Morgan fingerprint density at radius 1 is 0.947 bits per heavy atom. The molecule has 1 aromatic carbocycles. The maximum atomic E-state index is 13.2. The zero-order chi connectivity index (χ0) is 26.6. The fourth-order valence-corrected chi connectivity index (χ4v) is 5.43. The number of fused-ring (bicyclic) bond motifs is 6. The lowest BCUT2D eigenvalue weighted by molar-refractivity contribution is -0.172. The highest BCUT2D eigenvalue weighted by Crippen LogP contribution is 2.40. The minimum atomic E-state index is -1.83. The van der Waals surface area contributed by atoms with Crippen molar-refractivity contribution in [3.8, 4) is 22.9 Å². The van der Waals surface area contributed by atoms with Crippen molar-refractivity contribution in [1.82, 2.24) is 19.4 Å². The molecule has 6 heterocycles. The van der Waals surface area contributed by atoms with Crippen molar-refractivity contribution >= 4 is 16.9 Å². The van der Waals surface area contributed by atoms with E-state index in [1.807, 2.05) is 18.2 Å². The third-order valence-corrected chi connectivity index (χ3v) is 7.90. The largest absolute Gasteiger partial charge is 0.486 e. The first kappa shape index (κ1) is 24.8. The van der Waals surface area contributed by atoms with Crippen LogP contribution in [0.2, 0.25) is 0 Å². The monoisotopic (exact) mass is 520 g/mol. The maximum absolute atomic E-state index is 13.2. The van der Waals surface area contributed by atoms with Gasteiger partial charge in [0.05, 0.1) is 29.0 Å². The molecular weight excluding hydrogens is 488 g/mol. The molecule has 0 bridgehead atoms. The van der Waals surface area contributed by atoms with E-state index in [9.17, 15) is 14.7 Å². The Labute approximate surface area is 220 Å². The van der Waals surface area contributed by atoms with Crippen molar-refractivity contribution in [2.24, 2.45) is 0 Å². The average molecular weight is 521 g/mol. The number of aromatic nitrogens is 2. The van der Waals surface area contributed by atoms with E-state index in [4.69, 9.17) is 19.2 Å². The Morgan fingerprint density at radius 2 is 1.61 bits per heavy atom. The first-order chi connectivity index (χ1) is 18.3. The molecule has 2 aromatic heterocycles. The van der Waals surface area contributed by atoms with Crippen molar-refractivity contribution in [3.63, 3.8) is 0 Å². The van der Waals surface area contributed by atoms with Crippen molar-refractivity contribution < 1.29 is 24.1 Å². The van der Waals surface area contributed by atoms with E-state index in [1.165, 1.54) is 26.2 Å². The van der Waals surface area contributed by atoms with E-state index in [1.54, 1.807) is 17.6 Å². The van der Waals surface area contributed by atoms with Crippen LogP contribution in [0.4, 0.5) is 0 Å². The highest BCUT2D eigenvalue weighted by atomic mass is 16.6. The molecule has 0 amide bonds. The van der Waals surface area contributed by atoms with E-state index in [-0.39, 0.29) is 18.6 Å². The van der Waals surface area contributed by atoms with Crippen LogP contribution in [0.15, 0.2) is 29.1 Å². The molecule has 1 unspecified atom stereocenters. The number of ether oxygens (including phenoxy) is 3. The number of cyclic esters (lactones) is 1. The van der Waals surface area contributed by atoms with Crippen LogP contribution in [0.5, 0.6) is 11.5 Å². The van der Waals surface area contributed by atoms with E-state index in [0.29, 0.717) is 53.8 Å². The molecule has 1 atom stereocenters. The third kappa shape index (κ3) is 4.03. The van der Waals surface area contributed by atoms with Crippen LogP contribution in [-0.4, -0.2) is 83.9 Å². The smallest absolute Gasteiger partial charge is 0.343 e. The van der Waals surface area contributed by atoms with Gasteiger partial charge >= 0.3 is 5.97 Å². The summed E-state index contributed by atoms with van der Waals surface area (Å²) in [7, 11) is 4.35. The molecule has 1 fully saturated rings. The summed E-state index contributed by atoms with van der Waals surface area (Å²) < 4.78 is 18.1. The zero-order valence-electron chi connectivity index (χ0n) is 22.0. The molecule has 0 radical (unpaired) electrons. The van der Waals surface area contributed by atoms with Crippen molar-refractivity contribution in [3.05, 3.63) is 51.3 Å². The molecule has 3 aromatic rings. The summed E-state index contributed by atoms with van der Waals surface area (Å²) in [5.41, 5.74) is 1.41. The lowest BCUT2D eigenvalue weighted by Gasteiger charge is -2.31. The molecule has 4 aliphatic heterocycles. The molecule has 0 spiro atoms. The Morgan fingerprint density at radius 3 is 2.26 bits per heavy atom. The van der Waals surface area contributed by atoms with Crippen LogP contribution in [0.1, 0.15) is 30.0 Å². The van der Waals surface area contributed by atoms with Gasteiger partial charge in [0.1, 0.15) is 19.8 Å². The summed E-state index contributed by atoms with van der Waals surface area (Å²) in [6, 6.07) is 7.44. The molecular formula is C28H32N4O6. The minimum Gasteiger partial charge on any atom is -0.486 e. The topological polar surface area (TPSA) is 106 Å². The summed E-state index contributed by atoms with van der Waals surface area (Å²) >= 11 is 0. The molecule has 4 aliphatic rings. The molecule has 200 valence electrons. The van der Waals surface area contributed by atoms with Crippen molar-refractivity contribution in [2.75, 3.05) is 53.5 Å². The highest BCUT2D eigenvalue weighted by Gasteiger charge is 2.45. The van der Waals surface area contributed by atoms with Crippen molar-refractivity contribution in [2.45, 2.75) is 32.1 Å². The van der Waals surface area contributed by atoms with E-state index in [2.05, 4.69) is 23.9 Å². The lowest BCUT2D eigenvalue weighted by Crippen LogP contribution is -2.44. The van der Waals surface area contributed by atoms with Gasteiger partial charge in [0.15, 0.2) is 17.1 Å². The second-order valence-electron chi connectivity index (χ2n) is 10.4.